The summed E-state index contributed by atoms with van der Waals surface area (Å²) in [5.41, 5.74) is 5.21. The molecule has 0 aromatic carbocycles. The van der Waals surface area contributed by atoms with Crippen LogP contribution in [0.5, 0.6) is 0 Å². The van der Waals surface area contributed by atoms with Crippen LogP contribution in [0.15, 0.2) is 0 Å². The van der Waals surface area contributed by atoms with E-state index in [9.17, 15) is 38.1 Å². The Balaban J connectivity index is -0.000000232. The van der Waals surface area contributed by atoms with Gasteiger partial charge in [0.1, 0.15) is 11.4 Å². The summed E-state index contributed by atoms with van der Waals surface area (Å²) in [7, 11) is -4.94. The zero-order chi connectivity index (χ0) is 22.9. The first kappa shape index (κ1) is 38.7. The molecule has 10 nitrogen and oxygen atoms in total. The summed E-state index contributed by atoms with van der Waals surface area (Å²) in [5.74, 6) is -4.18. The van der Waals surface area contributed by atoms with Crippen LogP contribution in [0.2, 0.25) is 0 Å². The maximum atomic E-state index is 11.3. The van der Waals surface area contributed by atoms with E-state index in [4.69, 9.17) is 10.3 Å². The van der Waals surface area contributed by atoms with Crippen LogP contribution in [0.3, 0.4) is 0 Å². The first-order valence-corrected chi connectivity index (χ1v) is 11.2. The average Bonchev–Trinajstić information content (AvgIpc) is 2.63. The number of hydrogen-bond donors (Lipinski definition) is 3. The fraction of sp³-hybridized carbons (Fsp3) is 0.833. The van der Waals surface area contributed by atoms with Gasteiger partial charge in [-0.25, -0.2) is 0 Å². The van der Waals surface area contributed by atoms with Gasteiger partial charge in [0.15, 0.2) is 5.78 Å². The van der Waals surface area contributed by atoms with Gasteiger partial charge in [0.25, 0.3) is 10.1 Å². The van der Waals surface area contributed by atoms with Crippen LogP contribution in [-0.4, -0.2) is 53.7 Å². The topological polar surface area (TPSA) is 198 Å². The van der Waals surface area contributed by atoms with Gasteiger partial charge in [0, 0.05) is 25.4 Å². The Morgan fingerprint density at radius 1 is 0.903 bits per heavy atom. The first-order valence-electron chi connectivity index (χ1n) is 9.75. The Kier molecular flexibility index (Phi) is 29.4. The number of aliphatic hydroxyl groups excluding tert-OH is 1. The zero-order valence-corrected chi connectivity index (χ0v) is 23.7. The number of carboxylic acid groups (broad SMARTS) is 2. The van der Waals surface area contributed by atoms with Crippen LogP contribution in [0.25, 0.3) is 0 Å². The van der Waals surface area contributed by atoms with E-state index in [0.29, 0.717) is 6.42 Å². The third-order valence-electron chi connectivity index (χ3n) is 4.10. The van der Waals surface area contributed by atoms with Crippen molar-refractivity contribution >= 4 is 27.8 Å². The zero-order valence-electron chi connectivity index (χ0n) is 18.9. The third-order valence-corrected chi connectivity index (χ3v) is 5.17. The molecule has 0 saturated heterocycles. The summed E-state index contributed by atoms with van der Waals surface area (Å²) in [4.78, 5) is 31.0. The Morgan fingerprint density at radius 2 is 1.32 bits per heavy atom. The van der Waals surface area contributed by atoms with Crippen LogP contribution in [0, 0.1) is 0 Å². The number of Topliss-reactive ketones (excluding diaryl/α,β-unsaturated/α-hetero) is 1. The Bertz CT molecular complexity index is 589. The fourth-order valence-corrected chi connectivity index (χ4v) is 2.96. The molecule has 0 radical (unpaired) electrons. The number of unbranched alkanes of at least 4 members (excludes halogenated alkanes) is 8. The van der Waals surface area contributed by atoms with Gasteiger partial charge in [-0.3, -0.25) is 9.35 Å². The van der Waals surface area contributed by atoms with Crippen molar-refractivity contribution in [2.45, 2.75) is 88.9 Å². The normalized spacial score (nSPS) is 12.3. The Labute approximate surface area is 229 Å². The molecule has 31 heavy (non-hydrogen) atoms. The second kappa shape index (κ2) is 23.6. The number of aliphatic carboxylic acids is 2. The van der Waals surface area contributed by atoms with E-state index in [1.54, 1.807) is 0 Å². The van der Waals surface area contributed by atoms with Crippen LogP contribution < -0.4 is 75.1 Å². The number of rotatable bonds is 16. The second-order valence-electron chi connectivity index (χ2n) is 6.70. The van der Waals surface area contributed by atoms with Gasteiger partial charge < -0.3 is 30.6 Å². The number of nitrogens with two attached hydrogens (primary N) is 1. The molecule has 0 saturated carbocycles. The molecule has 2 unspecified atom stereocenters. The largest absolute Gasteiger partial charge is 1.00 e. The van der Waals surface area contributed by atoms with E-state index in [1.807, 2.05) is 0 Å². The van der Waals surface area contributed by atoms with E-state index in [0.717, 1.165) is 12.8 Å². The van der Waals surface area contributed by atoms with E-state index in [1.165, 1.54) is 44.9 Å². The minimum atomic E-state index is -4.94. The fourth-order valence-electron chi connectivity index (χ4n) is 2.37. The summed E-state index contributed by atoms with van der Waals surface area (Å²) in [6.07, 6.45) is 9.35. The van der Waals surface area contributed by atoms with E-state index in [2.05, 4.69) is 6.92 Å². The molecule has 0 aliphatic carbocycles. The van der Waals surface area contributed by atoms with Gasteiger partial charge in [-0.15, -0.1) is 0 Å². The van der Waals surface area contributed by atoms with E-state index >= 15 is 0 Å². The van der Waals surface area contributed by atoms with Crippen molar-refractivity contribution in [2.75, 3.05) is 6.54 Å². The molecule has 4 N–H and O–H groups in total. The van der Waals surface area contributed by atoms with Gasteiger partial charge in [0.05, 0.1) is 5.97 Å². The number of carbonyl (C=O) groups is 3. The SMILES string of the molecule is CCCCCCCCCCCC(=O)C(O)CN.O=C([O-])CC(C(=O)[O-])S(=O)(=O)O.[Na+].[Na+]. The summed E-state index contributed by atoms with van der Waals surface area (Å²) in [5, 5.41) is 26.4. The van der Waals surface area contributed by atoms with Crippen molar-refractivity contribution in [1.82, 2.24) is 0 Å². The molecule has 0 aromatic rings. The van der Waals surface area contributed by atoms with Crippen molar-refractivity contribution in [2.24, 2.45) is 5.73 Å². The van der Waals surface area contributed by atoms with Crippen LogP contribution in [0.4, 0.5) is 0 Å². The standard InChI is InChI=1S/C14H29NO2.C4H6O7S.2Na/c1-2-3-4-5-6-7-8-9-10-11-13(16)14(17)12-15;5-3(6)1-2(4(7)8)12(9,10)11;;/h14,17H,2-12,15H2,1H3;2H,1H2,(H,5,6)(H,7,8)(H,9,10,11);;/q;;2*+1/p-2. The van der Waals surface area contributed by atoms with Crippen LogP contribution >= 0.6 is 0 Å². The molecule has 0 bridgehead atoms. The van der Waals surface area contributed by atoms with Crippen molar-refractivity contribution in [3.63, 3.8) is 0 Å². The van der Waals surface area contributed by atoms with Crippen molar-refractivity contribution in [1.29, 1.82) is 0 Å². The first-order chi connectivity index (χ1) is 13.5. The molecule has 0 rings (SSSR count). The maximum absolute atomic E-state index is 11.3. The number of ketones is 1. The summed E-state index contributed by atoms with van der Waals surface area (Å²) < 4.78 is 28.5. The molecule has 0 aliphatic rings. The van der Waals surface area contributed by atoms with E-state index in [-0.39, 0.29) is 71.4 Å². The summed E-state index contributed by atoms with van der Waals surface area (Å²) in [6.45, 7) is 2.28. The molecule has 0 heterocycles. The number of carbonyl (C=O) groups excluding carboxylic acids is 3. The quantitative estimate of drug-likeness (QED) is 0.107. The molecule has 0 aromatic heterocycles. The molecule has 172 valence electrons. The average molecular weight is 486 g/mol. The van der Waals surface area contributed by atoms with Crippen molar-refractivity contribution < 1.29 is 102 Å². The molecule has 0 aliphatic heterocycles. The molecule has 2 atom stereocenters. The van der Waals surface area contributed by atoms with Gasteiger partial charge in [0.2, 0.25) is 0 Å². The smallest absolute Gasteiger partial charge is 0.550 e. The monoisotopic (exact) mass is 485 g/mol. The predicted molar refractivity (Wildman–Crippen MR) is 102 cm³/mol. The van der Waals surface area contributed by atoms with Crippen molar-refractivity contribution in [3.8, 4) is 0 Å². The van der Waals surface area contributed by atoms with E-state index < -0.39 is 39.8 Å². The van der Waals surface area contributed by atoms with Crippen LogP contribution in [0.1, 0.15) is 77.6 Å². The summed E-state index contributed by atoms with van der Waals surface area (Å²) >= 11 is 0. The van der Waals surface area contributed by atoms with Crippen LogP contribution in [-0.2, 0) is 24.5 Å². The molecular weight excluding hydrogens is 452 g/mol. The van der Waals surface area contributed by atoms with Gasteiger partial charge in [-0.1, -0.05) is 58.3 Å². The Morgan fingerprint density at radius 3 is 1.61 bits per heavy atom. The number of aliphatic hydroxyl groups is 1. The molecule has 0 amide bonds. The molecule has 0 spiro atoms. The molecule has 13 heteroatoms. The number of hydrogen-bond acceptors (Lipinski definition) is 9. The van der Waals surface area contributed by atoms with Gasteiger partial charge in [-0.2, -0.15) is 8.42 Å². The third kappa shape index (κ3) is 24.9. The van der Waals surface area contributed by atoms with Crippen molar-refractivity contribution in [3.05, 3.63) is 0 Å². The minimum absolute atomic E-state index is 0. The Hall–Kier alpha value is 0.440. The molecular formula is C18H33NNa2O9S. The van der Waals surface area contributed by atoms with Gasteiger partial charge in [-0.05, 0) is 6.42 Å². The number of carboxylic acids is 2. The second-order valence-corrected chi connectivity index (χ2v) is 8.29. The molecule has 0 fully saturated rings. The minimum Gasteiger partial charge on any atom is -0.550 e. The predicted octanol–water partition coefficient (Wildman–Crippen LogP) is -7.06. The maximum Gasteiger partial charge on any atom is 1.00 e. The van der Waals surface area contributed by atoms with Gasteiger partial charge >= 0.3 is 59.1 Å². The summed E-state index contributed by atoms with van der Waals surface area (Å²) in [6, 6.07) is 0.